The Labute approximate surface area is 133 Å². The summed E-state index contributed by atoms with van der Waals surface area (Å²) in [4.78, 5) is 0. The first-order chi connectivity index (χ1) is 8.11. The van der Waals surface area contributed by atoms with Crippen molar-refractivity contribution in [2.75, 3.05) is 0 Å². The number of halogens is 3. The van der Waals surface area contributed by atoms with E-state index < -0.39 is 0 Å². The van der Waals surface area contributed by atoms with Crippen LogP contribution in [-0.2, 0) is 6.54 Å². The Bertz CT molecular complexity index is 408. The van der Waals surface area contributed by atoms with Crippen molar-refractivity contribution in [1.82, 2.24) is 5.32 Å². The first-order valence-corrected chi connectivity index (χ1v) is 7.04. The minimum absolute atomic E-state index is 0. The molecule has 0 spiro atoms. The monoisotopic (exact) mass is 323 g/mol. The highest BCUT2D eigenvalue weighted by molar-refractivity contribution is 6.42. The van der Waals surface area contributed by atoms with Gasteiger partial charge in [0.2, 0.25) is 0 Å². The Morgan fingerprint density at radius 1 is 1.05 bits per heavy atom. The zero-order valence-corrected chi connectivity index (χ0v) is 14.6. The summed E-state index contributed by atoms with van der Waals surface area (Å²) in [6, 6.07) is 5.75. The lowest BCUT2D eigenvalue weighted by atomic mass is 9.82. The quantitative estimate of drug-likeness (QED) is 0.747. The maximum absolute atomic E-state index is 6.18. The van der Waals surface area contributed by atoms with Gasteiger partial charge in [-0.3, -0.25) is 0 Å². The van der Waals surface area contributed by atoms with Crippen LogP contribution in [0.2, 0.25) is 10.0 Å². The highest BCUT2D eigenvalue weighted by Gasteiger charge is 2.24. The fourth-order valence-electron chi connectivity index (χ4n) is 2.41. The van der Waals surface area contributed by atoms with Crippen molar-refractivity contribution in [3.05, 3.63) is 33.8 Å². The van der Waals surface area contributed by atoms with Gasteiger partial charge in [-0.2, -0.15) is 0 Å². The number of hydrogen-bond acceptors (Lipinski definition) is 1. The van der Waals surface area contributed by atoms with Gasteiger partial charge in [0, 0.05) is 12.1 Å². The van der Waals surface area contributed by atoms with Crippen LogP contribution in [0, 0.1) is 5.41 Å². The van der Waals surface area contributed by atoms with Crippen molar-refractivity contribution < 1.29 is 0 Å². The first-order valence-electron chi connectivity index (χ1n) is 6.29. The molecule has 4 heteroatoms. The average molecular weight is 325 g/mol. The highest BCUT2D eigenvalue weighted by atomic mass is 35.5. The van der Waals surface area contributed by atoms with Crippen molar-refractivity contribution in [2.24, 2.45) is 5.41 Å². The molecule has 0 amide bonds. The smallest absolute Gasteiger partial charge is 0.0637 e. The van der Waals surface area contributed by atoms with E-state index in [-0.39, 0.29) is 17.9 Å². The number of benzene rings is 1. The number of rotatable bonds is 4. The molecule has 0 fully saturated rings. The second-order valence-electron chi connectivity index (χ2n) is 6.69. The molecule has 0 aromatic heterocycles. The summed E-state index contributed by atoms with van der Waals surface area (Å²) in [7, 11) is 0. The fraction of sp³-hybridized carbons (Fsp3) is 0.600. The van der Waals surface area contributed by atoms with Crippen LogP contribution in [0.1, 0.15) is 46.6 Å². The third kappa shape index (κ3) is 6.85. The molecule has 0 unspecified atom stereocenters. The minimum atomic E-state index is 0. The summed E-state index contributed by atoms with van der Waals surface area (Å²) in [6.45, 7) is 11.9. The SMILES string of the molecule is CC(C)(C)CC(C)(C)NCc1cccc(Cl)c1Cl.Cl. The zero-order valence-electron chi connectivity index (χ0n) is 12.3. The molecule has 0 aliphatic heterocycles. The minimum Gasteiger partial charge on any atom is -0.308 e. The molecule has 0 saturated carbocycles. The van der Waals surface area contributed by atoms with Crippen molar-refractivity contribution in [1.29, 1.82) is 0 Å². The number of hydrogen-bond donors (Lipinski definition) is 1. The molecule has 0 radical (unpaired) electrons. The molecule has 1 rings (SSSR count). The van der Waals surface area contributed by atoms with Crippen molar-refractivity contribution in [2.45, 2.75) is 53.1 Å². The third-order valence-corrected chi connectivity index (χ3v) is 3.62. The molecule has 0 atom stereocenters. The van der Waals surface area contributed by atoms with Gasteiger partial charge in [0.25, 0.3) is 0 Å². The molecule has 0 saturated heterocycles. The molecular formula is C15H24Cl3N. The predicted octanol–water partition coefficient (Wildman–Crippen LogP) is 5.72. The van der Waals surface area contributed by atoms with E-state index in [4.69, 9.17) is 23.2 Å². The maximum atomic E-state index is 6.18. The van der Waals surface area contributed by atoms with E-state index in [1.54, 1.807) is 0 Å². The van der Waals surface area contributed by atoms with Gasteiger partial charge >= 0.3 is 0 Å². The largest absolute Gasteiger partial charge is 0.308 e. The van der Waals surface area contributed by atoms with Gasteiger partial charge in [0.05, 0.1) is 10.0 Å². The summed E-state index contributed by atoms with van der Waals surface area (Å²) in [6.07, 6.45) is 1.10. The molecule has 0 aliphatic carbocycles. The van der Waals surface area contributed by atoms with Gasteiger partial charge < -0.3 is 5.32 Å². The van der Waals surface area contributed by atoms with Gasteiger partial charge in [-0.05, 0) is 37.3 Å². The van der Waals surface area contributed by atoms with Gasteiger partial charge in [0.15, 0.2) is 0 Å². The van der Waals surface area contributed by atoms with E-state index in [0.29, 0.717) is 15.5 Å². The molecule has 1 aromatic carbocycles. The molecule has 110 valence electrons. The second-order valence-corrected chi connectivity index (χ2v) is 7.47. The average Bonchev–Trinajstić information content (AvgIpc) is 2.17. The lowest BCUT2D eigenvalue weighted by Gasteiger charge is -2.33. The van der Waals surface area contributed by atoms with Crippen LogP contribution < -0.4 is 5.32 Å². The summed E-state index contributed by atoms with van der Waals surface area (Å²) in [5.74, 6) is 0. The van der Waals surface area contributed by atoms with Crippen LogP contribution in [0.5, 0.6) is 0 Å². The van der Waals surface area contributed by atoms with Crippen LogP contribution in [0.25, 0.3) is 0 Å². The van der Waals surface area contributed by atoms with Crippen molar-refractivity contribution >= 4 is 35.6 Å². The molecule has 19 heavy (non-hydrogen) atoms. The number of nitrogens with one attached hydrogen (secondary N) is 1. The van der Waals surface area contributed by atoms with Gasteiger partial charge in [0.1, 0.15) is 0 Å². The van der Waals surface area contributed by atoms with Crippen LogP contribution in [0.4, 0.5) is 0 Å². The molecule has 1 aromatic rings. The fourth-order valence-corrected chi connectivity index (χ4v) is 2.79. The topological polar surface area (TPSA) is 12.0 Å². The molecule has 1 N–H and O–H groups in total. The first kappa shape index (κ1) is 19.1. The summed E-state index contributed by atoms with van der Waals surface area (Å²) >= 11 is 12.2. The van der Waals surface area contributed by atoms with E-state index in [2.05, 4.69) is 39.9 Å². The van der Waals surface area contributed by atoms with Crippen molar-refractivity contribution in [3.63, 3.8) is 0 Å². The van der Waals surface area contributed by atoms with E-state index in [9.17, 15) is 0 Å². The maximum Gasteiger partial charge on any atom is 0.0637 e. The van der Waals surface area contributed by atoms with Crippen LogP contribution in [0.3, 0.4) is 0 Å². The lowest BCUT2D eigenvalue weighted by Crippen LogP contribution is -2.41. The van der Waals surface area contributed by atoms with Crippen LogP contribution in [-0.4, -0.2) is 5.54 Å². The van der Waals surface area contributed by atoms with E-state index in [1.165, 1.54) is 0 Å². The molecule has 0 aliphatic rings. The van der Waals surface area contributed by atoms with Crippen LogP contribution >= 0.6 is 35.6 Å². The summed E-state index contributed by atoms with van der Waals surface area (Å²) in [5, 5.41) is 4.82. The van der Waals surface area contributed by atoms with Gasteiger partial charge in [-0.15, -0.1) is 12.4 Å². The van der Waals surface area contributed by atoms with E-state index in [0.717, 1.165) is 18.5 Å². The summed E-state index contributed by atoms with van der Waals surface area (Å²) < 4.78 is 0. The normalized spacial score (nSPS) is 12.2. The summed E-state index contributed by atoms with van der Waals surface area (Å²) in [5.41, 5.74) is 1.42. The molecule has 0 bridgehead atoms. The third-order valence-electron chi connectivity index (χ3n) is 2.76. The van der Waals surface area contributed by atoms with E-state index in [1.807, 2.05) is 18.2 Å². The lowest BCUT2D eigenvalue weighted by molar-refractivity contribution is 0.241. The predicted molar refractivity (Wildman–Crippen MR) is 88.7 cm³/mol. The van der Waals surface area contributed by atoms with Gasteiger partial charge in [-0.1, -0.05) is 56.1 Å². The molecule has 0 heterocycles. The Balaban J connectivity index is 0.00000324. The highest BCUT2D eigenvalue weighted by Crippen LogP contribution is 2.29. The van der Waals surface area contributed by atoms with Crippen molar-refractivity contribution in [3.8, 4) is 0 Å². The zero-order chi connectivity index (χ0) is 14.0. The second kappa shape index (κ2) is 7.17. The Morgan fingerprint density at radius 2 is 1.63 bits per heavy atom. The van der Waals surface area contributed by atoms with Gasteiger partial charge in [-0.25, -0.2) is 0 Å². The van der Waals surface area contributed by atoms with Crippen LogP contribution in [0.15, 0.2) is 18.2 Å². The Hall–Kier alpha value is 0.0500. The molecule has 1 nitrogen and oxygen atoms in total. The Kier molecular flexibility index (Phi) is 7.19. The standard InChI is InChI=1S/C15H23Cl2N.ClH/c1-14(2,3)10-15(4,5)18-9-11-7-6-8-12(16)13(11)17;/h6-8,18H,9-10H2,1-5H3;1H. The van der Waals surface area contributed by atoms with E-state index >= 15 is 0 Å². The Morgan fingerprint density at radius 3 is 2.16 bits per heavy atom. The molecular weight excluding hydrogens is 301 g/mol.